The molecule has 1 saturated carbocycles. The molecular formula is C23H25BrN6. The molecule has 30 heavy (non-hydrogen) atoms. The van der Waals surface area contributed by atoms with Gasteiger partial charge in [-0.3, -0.25) is 0 Å². The zero-order valence-corrected chi connectivity index (χ0v) is 18.3. The Balaban J connectivity index is 1.22. The van der Waals surface area contributed by atoms with E-state index in [1.54, 1.807) is 6.33 Å². The summed E-state index contributed by atoms with van der Waals surface area (Å²) in [6.45, 7) is 1.01. The smallest absolute Gasteiger partial charge is 0.138 e. The van der Waals surface area contributed by atoms with Gasteiger partial charge in [0.2, 0.25) is 0 Å². The number of allylic oxidation sites excluding steroid dienone is 1. The van der Waals surface area contributed by atoms with Gasteiger partial charge in [-0.1, -0.05) is 24.3 Å². The molecule has 7 heteroatoms. The lowest BCUT2D eigenvalue weighted by Crippen LogP contribution is -2.32. The molecule has 1 aromatic carbocycles. The predicted octanol–water partition coefficient (Wildman–Crippen LogP) is 4.59. The van der Waals surface area contributed by atoms with Crippen LogP contribution in [0.5, 0.6) is 0 Å². The van der Waals surface area contributed by atoms with Gasteiger partial charge in [0.05, 0.1) is 9.99 Å². The van der Waals surface area contributed by atoms with Gasteiger partial charge in [-0.15, -0.1) is 0 Å². The molecule has 2 aromatic heterocycles. The van der Waals surface area contributed by atoms with Crippen LogP contribution in [-0.4, -0.2) is 27.5 Å². The third kappa shape index (κ3) is 3.62. The van der Waals surface area contributed by atoms with Crippen LogP contribution < -0.4 is 16.4 Å². The van der Waals surface area contributed by atoms with Crippen LogP contribution in [0.15, 0.2) is 41.1 Å². The minimum absolute atomic E-state index is 0.524. The molecule has 1 aliphatic carbocycles. The zero-order chi connectivity index (χ0) is 20.7. The average Bonchev–Trinajstić information content (AvgIpc) is 3.36. The van der Waals surface area contributed by atoms with E-state index in [1.165, 1.54) is 19.3 Å². The third-order valence-electron chi connectivity index (χ3n) is 6.39. The molecule has 0 saturated heterocycles. The summed E-state index contributed by atoms with van der Waals surface area (Å²) in [5.41, 5.74) is 15.2. The van der Waals surface area contributed by atoms with E-state index >= 15 is 0 Å². The number of nitrogen functional groups attached to an aromatic ring is 2. The Labute approximate surface area is 184 Å². The fraction of sp³-hybridized carbons (Fsp3) is 0.348. The van der Waals surface area contributed by atoms with Gasteiger partial charge in [0, 0.05) is 23.5 Å². The molecule has 1 aliphatic heterocycles. The number of anilines is 3. The summed E-state index contributed by atoms with van der Waals surface area (Å²) in [5, 5.41) is 1.09. The molecule has 2 aliphatic rings. The van der Waals surface area contributed by atoms with Gasteiger partial charge in [0.25, 0.3) is 0 Å². The second-order valence-corrected chi connectivity index (χ2v) is 9.14. The molecule has 1 fully saturated rings. The summed E-state index contributed by atoms with van der Waals surface area (Å²) in [5.74, 6) is 2.92. The Bertz CT molecular complexity index is 1130. The molecule has 0 amide bonds. The highest BCUT2D eigenvalue weighted by molar-refractivity contribution is 9.10. The second-order valence-electron chi connectivity index (χ2n) is 8.28. The van der Waals surface area contributed by atoms with Crippen LogP contribution in [0, 0.1) is 5.92 Å². The number of nitrogens with zero attached hydrogens (tertiary/aromatic N) is 4. The maximum Gasteiger partial charge on any atom is 0.138 e. The molecule has 6 nitrogen and oxygen atoms in total. The fourth-order valence-corrected chi connectivity index (χ4v) is 5.15. The first-order valence-electron chi connectivity index (χ1n) is 10.5. The molecule has 3 aromatic rings. The molecular weight excluding hydrogens is 440 g/mol. The first-order chi connectivity index (χ1) is 14.6. The van der Waals surface area contributed by atoms with Crippen molar-refractivity contribution in [2.45, 2.75) is 38.1 Å². The molecule has 3 heterocycles. The van der Waals surface area contributed by atoms with Gasteiger partial charge >= 0.3 is 0 Å². The maximum absolute atomic E-state index is 6.03. The molecule has 5 rings (SSSR count). The van der Waals surface area contributed by atoms with Gasteiger partial charge in [0.15, 0.2) is 0 Å². The third-order valence-corrected chi connectivity index (χ3v) is 7.02. The average molecular weight is 465 g/mol. The monoisotopic (exact) mass is 464 g/mol. The van der Waals surface area contributed by atoms with E-state index in [-0.39, 0.29) is 0 Å². The molecule has 2 atom stereocenters. The van der Waals surface area contributed by atoms with Crippen LogP contribution in [0.1, 0.15) is 36.8 Å². The van der Waals surface area contributed by atoms with Crippen molar-refractivity contribution >= 4 is 50.4 Å². The highest BCUT2D eigenvalue weighted by atomic mass is 79.9. The Morgan fingerprint density at radius 2 is 2.03 bits per heavy atom. The van der Waals surface area contributed by atoms with Gasteiger partial charge in [0.1, 0.15) is 23.8 Å². The Hall–Kier alpha value is -2.67. The minimum Gasteiger partial charge on any atom is -0.383 e. The Morgan fingerprint density at radius 1 is 1.13 bits per heavy atom. The number of hydrogen-bond acceptors (Lipinski definition) is 6. The second kappa shape index (κ2) is 7.87. The van der Waals surface area contributed by atoms with E-state index in [9.17, 15) is 0 Å². The first kappa shape index (κ1) is 19.3. The number of hydrogen-bond donors (Lipinski definition) is 2. The normalized spacial score (nSPS) is 21.0. The number of nitrogens with two attached hydrogens (primary N) is 2. The largest absolute Gasteiger partial charge is 0.383 e. The SMILES string of the molecule is Nc1nc2cc(/C=C/CC3CCC(N4CCc5c(N)ncnc54)C3)ccc2cc1Br. The quantitative estimate of drug-likeness (QED) is 0.586. The zero-order valence-electron chi connectivity index (χ0n) is 16.8. The van der Waals surface area contributed by atoms with Crippen LogP contribution >= 0.6 is 15.9 Å². The number of halogens is 1. The van der Waals surface area contributed by atoms with E-state index in [2.05, 4.69) is 66.1 Å². The highest BCUT2D eigenvalue weighted by Gasteiger charge is 2.34. The van der Waals surface area contributed by atoms with Crippen molar-refractivity contribution in [3.05, 3.63) is 52.3 Å². The molecule has 154 valence electrons. The Morgan fingerprint density at radius 3 is 2.93 bits per heavy atom. The molecule has 0 bridgehead atoms. The predicted molar refractivity (Wildman–Crippen MR) is 126 cm³/mol. The fourth-order valence-electron chi connectivity index (χ4n) is 4.82. The summed E-state index contributed by atoms with van der Waals surface area (Å²) in [7, 11) is 0. The van der Waals surface area contributed by atoms with E-state index in [1.807, 2.05) is 6.07 Å². The molecule has 4 N–H and O–H groups in total. The lowest BCUT2D eigenvalue weighted by Gasteiger charge is -2.26. The van der Waals surface area contributed by atoms with Crippen LogP contribution in [0.4, 0.5) is 17.5 Å². The standard InChI is InChI=1S/C23H25BrN6/c24-19-12-16-6-4-15(11-20(16)29-22(19)26)3-1-2-14-5-7-17(10-14)30-9-8-18-21(25)27-13-28-23(18)30/h1,3-4,6,11-14,17H,2,5,7-10H2,(H2,26,29)(H2,25,27,28)/b3-1+. The summed E-state index contributed by atoms with van der Waals surface area (Å²) >= 11 is 3.44. The summed E-state index contributed by atoms with van der Waals surface area (Å²) in [4.78, 5) is 15.6. The molecule has 0 spiro atoms. The number of rotatable bonds is 4. The van der Waals surface area contributed by atoms with Gasteiger partial charge < -0.3 is 16.4 Å². The van der Waals surface area contributed by atoms with Crippen molar-refractivity contribution in [2.75, 3.05) is 22.9 Å². The first-order valence-corrected chi connectivity index (χ1v) is 11.3. The van der Waals surface area contributed by atoms with Gasteiger partial charge in [-0.25, -0.2) is 15.0 Å². The molecule has 2 unspecified atom stereocenters. The van der Waals surface area contributed by atoms with E-state index in [0.717, 1.165) is 51.7 Å². The Kier molecular flexibility index (Phi) is 5.06. The number of aromatic nitrogens is 3. The van der Waals surface area contributed by atoms with E-state index in [0.29, 0.717) is 23.6 Å². The minimum atomic E-state index is 0.524. The van der Waals surface area contributed by atoms with Crippen LogP contribution in [-0.2, 0) is 6.42 Å². The summed E-state index contributed by atoms with van der Waals surface area (Å²) < 4.78 is 0.837. The number of pyridine rings is 1. The lowest BCUT2D eigenvalue weighted by molar-refractivity contribution is 0.533. The summed E-state index contributed by atoms with van der Waals surface area (Å²) in [6.07, 6.45) is 11.8. The van der Waals surface area contributed by atoms with Crippen LogP contribution in [0.3, 0.4) is 0 Å². The number of fused-ring (bicyclic) bond motifs is 2. The van der Waals surface area contributed by atoms with Gasteiger partial charge in [-0.2, -0.15) is 0 Å². The van der Waals surface area contributed by atoms with Crippen molar-refractivity contribution < 1.29 is 0 Å². The summed E-state index contributed by atoms with van der Waals surface area (Å²) in [6, 6.07) is 8.89. The van der Waals surface area contributed by atoms with Crippen LogP contribution in [0.2, 0.25) is 0 Å². The van der Waals surface area contributed by atoms with E-state index < -0.39 is 0 Å². The van der Waals surface area contributed by atoms with Crippen molar-refractivity contribution in [1.29, 1.82) is 0 Å². The van der Waals surface area contributed by atoms with Crippen molar-refractivity contribution in [3.63, 3.8) is 0 Å². The van der Waals surface area contributed by atoms with Gasteiger partial charge in [-0.05, 0) is 71.6 Å². The maximum atomic E-state index is 6.03. The molecule has 0 radical (unpaired) electrons. The number of benzene rings is 1. The van der Waals surface area contributed by atoms with Crippen molar-refractivity contribution in [2.24, 2.45) is 5.92 Å². The van der Waals surface area contributed by atoms with Crippen LogP contribution in [0.25, 0.3) is 17.0 Å². The van der Waals surface area contributed by atoms with Crippen molar-refractivity contribution in [1.82, 2.24) is 15.0 Å². The van der Waals surface area contributed by atoms with Crippen molar-refractivity contribution in [3.8, 4) is 0 Å². The topological polar surface area (TPSA) is 94.0 Å². The van der Waals surface area contributed by atoms with E-state index in [4.69, 9.17) is 11.5 Å². The highest BCUT2D eigenvalue weighted by Crippen LogP contribution is 2.38. The lowest BCUT2D eigenvalue weighted by atomic mass is 10.0.